The molecule has 0 spiro atoms. The van der Waals surface area contributed by atoms with Gasteiger partial charge in [-0.25, -0.2) is 31.7 Å². The summed E-state index contributed by atoms with van der Waals surface area (Å²) in [6.45, 7) is 4.24. The van der Waals surface area contributed by atoms with Gasteiger partial charge in [0.1, 0.15) is 17.8 Å². The lowest BCUT2D eigenvalue weighted by atomic mass is 9.89. The van der Waals surface area contributed by atoms with Gasteiger partial charge in [-0.3, -0.25) is 4.90 Å². The molecule has 0 unspecified atom stereocenters. The number of aromatic nitrogens is 2. The summed E-state index contributed by atoms with van der Waals surface area (Å²) >= 11 is 0. The Labute approximate surface area is 253 Å². The zero-order valence-electron chi connectivity index (χ0n) is 25.3. The Morgan fingerprint density at radius 1 is 1.07 bits per heavy atom. The summed E-state index contributed by atoms with van der Waals surface area (Å²) < 4.78 is 56.4. The Morgan fingerprint density at radius 2 is 1.77 bits per heavy atom. The van der Waals surface area contributed by atoms with Gasteiger partial charge >= 0.3 is 6.03 Å². The Hall–Kier alpha value is -2.90. The molecule has 0 bridgehead atoms. The van der Waals surface area contributed by atoms with Crippen molar-refractivity contribution in [3.05, 3.63) is 47.4 Å². The minimum Gasteiger partial charge on any atom is -0.349 e. The molecule has 2 fully saturated rings. The lowest BCUT2D eigenvalue weighted by Crippen LogP contribution is -2.55. The van der Waals surface area contributed by atoms with E-state index < -0.39 is 22.0 Å². The van der Waals surface area contributed by atoms with Crippen LogP contribution in [0.4, 0.5) is 25.3 Å². The van der Waals surface area contributed by atoms with Crippen LogP contribution in [0.25, 0.3) is 0 Å². The van der Waals surface area contributed by atoms with Gasteiger partial charge < -0.3 is 15.1 Å². The molecule has 2 N–H and O–H groups in total. The molecule has 2 saturated carbocycles. The molecule has 0 saturated heterocycles. The van der Waals surface area contributed by atoms with Crippen molar-refractivity contribution in [2.75, 3.05) is 24.3 Å². The number of urea groups is 1. The summed E-state index contributed by atoms with van der Waals surface area (Å²) in [5.41, 5.74) is 1.35. The van der Waals surface area contributed by atoms with E-state index in [0.29, 0.717) is 62.4 Å². The van der Waals surface area contributed by atoms with Crippen molar-refractivity contribution in [2.24, 2.45) is 0 Å². The van der Waals surface area contributed by atoms with Crippen LogP contribution < -0.4 is 14.9 Å². The third kappa shape index (κ3) is 7.43. The van der Waals surface area contributed by atoms with Crippen LogP contribution in [0.3, 0.4) is 0 Å². The molecule has 2 aliphatic carbocycles. The minimum absolute atomic E-state index is 0.0447. The summed E-state index contributed by atoms with van der Waals surface area (Å²) in [4.78, 5) is 28.6. The predicted molar refractivity (Wildman–Crippen MR) is 162 cm³/mol. The number of halogens is 2. The molecule has 13 heteroatoms. The Morgan fingerprint density at radius 3 is 2.40 bits per heavy atom. The number of nitrogens with one attached hydrogen (secondary N) is 2. The second-order valence-electron chi connectivity index (χ2n) is 12.6. The average molecular weight is 620 g/mol. The molecule has 10 nitrogen and oxygen atoms in total. The fourth-order valence-corrected chi connectivity index (χ4v) is 7.97. The Kier molecular flexibility index (Phi) is 9.52. The molecule has 3 atom stereocenters. The van der Waals surface area contributed by atoms with Crippen molar-refractivity contribution in [3.63, 3.8) is 0 Å². The number of carbonyl (C=O) groups is 1. The molecule has 1 aliphatic heterocycles. The van der Waals surface area contributed by atoms with Crippen molar-refractivity contribution >= 4 is 27.8 Å². The van der Waals surface area contributed by atoms with Gasteiger partial charge in [-0.15, -0.1) is 0 Å². The average Bonchev–Trinajstić information content (AvgIpc) is 2.95. The zero-order chi connectivity index (χ0) is 30.9. The predicted octanol–water partition coefficient (Wildman–Crippen LogP) is 4.43. The van der Waals surface area contributed by atoms with Gasteiger partial charge in [-0.1, -0.05) is 12.1 Å². The highest BCUT2D eigenvalue weighted by atomic mass is 32.2. The van der Waals surface area contributed by atoms with Crippen LogP contribution in [-0.2, 0) is 22.3 Å². The number of rotatable bonds is 9. The highest BCUT2D eigenvalue weighted by Gasteiger charge is 2.39. The SMILES string of the molecule is CC(C)N1C(=O)N(C2CCC(NS(=O)(=O)Cc3ccc(F)cc3)CC2)Cc2cnc(N[C@@H]3CC[C@@H](N(C)C)C[C@@H]3F)nc21. The number of nitrogens with zero attached hydrogens (tertiary/aromatic N) is 5. The first kappa shape index (κ1) is 31.5. The first-order chi connectivity index (χ1) is 20.4. The second kappa shape index (κ2) is 13.0. The first-order valence-electron chi connectivity index (χ1n) is 15.2. The normalized spacial score (nSPS) is 26.6. The second-order valence-corrected chi connectivity index (χ2v) is 14.4. The van der Waals surface area contributed by atoms with E-state index in [4.69, 9.17) is 4.98 Å². The van der Waals surface area contributed by atoms with E-state index in [1.807, 2.05) is 32.8 Å². The summed E-state index contributed by atoms with van der Waals surface area (Å²) in [6.07, 6.45) is 5.26. The standard InChI is InChI=1S/C30H43F2N7O3S/c1-19(2)39-28-21(16-33-29(35-28)34-27-14-13-25(37(3)4)15-26(27)32)17-38(30(39)40)24-11-9-23(10-12-24)36-43(41,42)18-20-5-7-22(31)8-6-20/h5-8,16,19,23-27,36H,9-15,17-18H2,1-4H3,(H,33,34,35)/t23?,24?,25-,26+,27-/m1/s1. The lowest BCUT2D eigenvalue weighted by Gasteiger charge is -2.44. The summed E-state index contributed by atoms with van der Waals surface area (Å²) in [7, 11) is 0.357. The van der Waals surface area contributed by atoms with E-state index in [0.717, 1.165) is 12.0 Å². The van der Waals surface area contributed by atoms with Crippen LogP contribution in [0.15, 0.2) is 30.5 Å². The molecule has 2 amide bonds. The Balaban J connectivity index is 1.21. The van der Waals surface area contributed by atoms with E-state index in [9.17, 15) is 22.0 Å². The fraction of sp³-hybridized carbons (Fsp3) is 0.633. The molecule has 0 radical (unpaired) electrons. The molecule has 1 aromatic carbocycles. The number of anilines is 2. The molecular formula is C30H43F2N7O3S. The van der Waals surface area contributed by atoms with Crippen LogP contribution in [0.5, 0.6) is 0 Å². The highest BCUT2D eigenvalue weighted by molar-refractivity contribution is 7.88. The van der Waals surface area contributed by atoms with Gasteiger partial charge in [0.15, 0.2) is 0 Å². The third-order valence-electron chi connectivity index (χ3n) is 8.92. The number of sulfonamides is 1. The monoisotopic (exact) mass is 619 g/mol. The number of carbonyl (C=O) groups excluding carboxylic acids is 1. The van der Waals surface area contributed by atoms with Gasteiger partial charge in [0.05, 0.1) is 18.3 Å². The van der Waals surface area contributed by atoms with Crippen molar-refractivity contribution in [1.82, 2.24) is 24.5 Å². The van der Waals surface area contributed by atoms with E-state index in [-0.39, 0.29) is 42.0 Å². The molecule has 236 valence electrons. The van der Waals surface area contributed by atoms with Crippen molar-refractivity contribution in [1.29, 1.82) is 0 Å². The van der Waals surface area contributed by atoms with Gasteiger partial charge in [-0.2, -0.15) is 4.98 Å². The van der Waals surface area contributed by atoms with E-state index in [1.54, 1.807) is 11.1 Å². The third-order valence-corrected chi connectivity index (χ3v) is 10.3. The summed E-state index contributed by atoms with van der Waals surface area (Å²) in [6, 6.07) is 4.74. The van der Waals surface area contributed by atoms with E-state index in [1.165, 1.54) is 24.3 Å². The van der Waals surface area contributed by atoms with Crippen LogP contribution in [0, 0.1) is 5.82 Å². The number of hydrogen-bond acceptors (Lipinski definition) is 7. The smallest absolute Gasteiger partial charge is 0.326 e. The maximum absolute atomic E-state index is 15.0. The van der Waals surface area contributed by atoms with E-state index in [2.05, 4.69) is 19.9 Å². The van der Waals surface area contributed by atoms with Crippen LogP contribution in [0.1, 0.15) is 69.9 Å². The fourth-order valence-electron chi connectivity index (χ4n) is 6.51. The topological polar surface area (TPSA) is 111 Å². The maximum atomic E-state index is 15.0. The molecule has 2 heterocycles. The van der Waals surface area contributed by atoms with Gasteiger partial charge in [0.2, 0.25) is 16.0 Å². The molecular weight excluding hydrogens is 576 g/mol. The van der Waals surface area contributed by atoms with Crippen molar-refractivity contribution < 1.29 is 22.0 Å². The van der Waals surface area contributed by atoms with Crippen LogP contribution in [-0.4, -0.2) is 84.7 Å². The first-order valence-corrected chi connectivity index (χ1v) is 16.8. The van der Waals surface area contributed by atoms with Gasteiger partial charge in [-0.05, 0) is 90.6 Å². The number of hydrogen-bond donors (Lipinski definition) is 2. The summed E-state index contributed by atoms with van der Waals surface area (Å²) in [5.74, 6) is 0.260. The maximum Gasteiger partial charge on any atom is 0.326 e. The minimum atomic E-state index is -3.59. The Bertz CT molecular complexity index is 1380. The highest BCUT2D eigenvalue weighted by Crippen LogP contribution is 2.35. The largest absolute Gasteiger partial charge is 0.349 e. The van der Waals surface area contributed by atoms with Gasteiger partial charge in [0, 0.05) is 35.9 Å². The zero-order valence-corrected chi connectivity index (χ0v) is 26.2. The van der Waals surface area contributed by atoms with Gasteiger partial charge in [0.25, 0.3) is 0 Å². The van der Waals surface area contributed by atoms with Crippen LogP contribution in [0.2, 0.25) is 0 Å². The van der Waals surface area contributed by atoms with E-state index >= 15 is 0 Å². The molecule has 43 heavy (non-hydrogen) atoms. The number of benzene rings is 1. The van der Waals surface area contributed by atoms with Crippen molar-refractivity contribution in [2.45, 2.75) is 107 Å². The number of fused-ring (bicyclic) bond motifs is 1. The quantitative estimate of drug-likeness (QED) is 0.427. The van der Waals surface area contributed by atoms with Crippen molar-refractivity contribution in [3.8, 4) is 0 Å². The van der Waals surface area contributed by atoms with Crippen LogP contribution >= 0.6 is 0 Å². The molecule has 5 rings (SSSR count). The molecule has 3 aliphatic rings. The summed E-state index contributed by atoms with van der Waals surface area (Å²) in [5, 5.41) is 3.19. The number of amides is 2. The number of alkyl halides is 1. The molecule has 2 aromatic rings. The lowest BCUT2D eigenvalue weighted by molar-refractivity contribution is 0.139. The molecule has 1 aromatic heterocycles.